The zero-order chi connectivity index (χ0) is 53.8. The summed E-state index contributed by atoms with van der Waals surface area (Å²) in [5.74, 6) is 0. The Labute approximate surface area is 477 Å². The maximum atomic E-state index is 6.98. The summed E-state index contributed by atoms with van der Waals surface area (Å²) in [4.78, 5) is 0. The highest BCUT2D eigenvalue weighted by Crippen LogP contribution is 2.60. The Morgan fingerprint density at radius 3 is 0.823 bits per heavy atom. The van der Waals surface area contributed by atoms with Gasteiger partial charge in [0.05, 0.1) is 77.6 Å². The Morgan fingerprint density at radius 2 is 0.595 bits per heavy atom. The van der Waals surface area contributed by atoms with Crippen LogP contribution in [0.25, 0.3) is 43.6 Å². The second-order valence-corrected chi connectivity index (χ2v) is 26.6. The number of fused-ring (bicyclic) bond motifs is 4. The Bertz CT molecular complexity index is 3570. The number of hydrogen-bond donors (Lipinski definition) is 0. The van der Waals surface area contributed by atoms with E-state index in [2.05, 4.69) is 165 Å². The number of halogens is 2. The lowest BCUT2D eigenvalue weighted by molar-refractivity contribution is 0.113. The summed E-state index contributed by atoms with van der Waals surface area (Å²) in [5.41, 5.74) is 14.5. The predicted octanol–water partition coefficient (Wildman–Crippen LogP) is 10.00. The molecule has 12 nitrogen and oxygen atoms in total. The van der Waals surface area contributed by atoms with E-state index in [1.54, 1.807) is 0 Å². The van der Waals surface area contributed by atoms with E-state index in [4.69, 9.17) is 77.9 Å². The second kappa shape index (κ2) is 17.4. The summed E-state index contributed by atoms with van der Waals surface area (Å²) < 4.78 is 75.1. The van der Waals surface area contributed by atoms with Crippen LogP contribution in [-0.2, 0) is 58.9 Å². The average molecular weight is 1120 g/mol. The van der Waals surface area contributed by atoms with Crippen molar-refractivity contribution in [2.45, 2.75) is 126 Å². The van der Waals surface area contributed by atoms with Crippen molar-refractivity contribution < 1.29 is 37.2 Å². The molecule has 17 aliphatic heterocycles. The van der Waals surface area contributed by atoms with Gasteiger partial charge in [0, 0.05) is 43.5 Å². The molecule has 79 heavy (non-hydrogen) atoms. The third-order valence-corrected chi connectivity index (χ3v) is 20.2. The number of alkyl halides is 2. The Morgan fingerprint density at radius 1 is 0.367 bits per heavy atom. The minimum absolute atomic E-state index is 0.194. The van der Waals surface area contributed by atoms with Gasteiger partial charge in [0.1, 0.15) is 22.1 Å². The fraction of sp³-hybridized carbons (Fsp3) is 0.356. The van der Waals surface area contributed by atoms with Crippen LogP contribution < -0.4 is 21.9 Å². The van der Waals surface area contributed by atoms with Gasteiger partial charge < -0.3 is 37.2 Å². The van der Waals surface area contributed by atoms with Crippen LogP contribution in [0.4, 0.5) is 0 Å². The lowest BCUT2D eigenvalue weighted by Crippen LogP contribution is -2.41. The third kappa shape index (κ3) is 6.95. The van der Waals surface area contributed by atoms with Gasteiger partial charge in [0.15, 0.2) is 0 Å². The smallest absolute Gasteiger partial charge is 0.400 e. The lowest BCUT2D eigenvalue weighted by Gasteiger charge is -2.28. The summed E-state index contributed by atoms with van der Waals surface area (Å²) in [5, 5.41) is 5.44. The highest BCUT2D eigenvalue weighted by molar-refractivity contribution is 7.00. The molecule has 0 N–H and O–H groups in total. The van der Waals surface area contributed by atoms with Crippen LogP contribution in [0, 0.1) is 0 Å². The van der Waals surface area contributed by atoms with Crippen molar-refractivity contribution in [3.8, 4) is 0 Å². The minimum Gasteiger partial charge on any atom is -0.400 e. The first-order chi connectivity index (χ1) is 38.1. The van der Waals surface area contributed by atoms with E-state index in [1.807, 2.05) is 0 Å². The molecule has 0 unspecified atom stereocenters. The topological polar surface area (TPSA) is 125 Å². The zero-order valence-corrected chi connectivity index (χ0v) is 47.8. The first-order valence-electron chi connectivity index (χ1n) is 27.2. The third-order valence-electron chi connectivity index (χ3n) is 19.1. The number of aromatic nitrogens is 4. The molecule has 19 heterocycles. The van der Waals surface area contributed by atoms with E-state index in [-0.39, 0.29) is 75.8 Å². The van der Waals surface area contributed by atoms with Crippen molar-refractivity contribution in [3.63, 3.8) is 0 Å². The van der Waals surface area contributed by atoms with Crippen molar-refractivity contribution in [2.75, 3.05) is 5.34 Å². The molecule has 9 aromatic rings. The van der Waals surface area contributed by atoms with Crippen LogP contribution in [0.2, 0.25) is 0 Å². The lowest BCUT2D eigenvalue weighted by atomic mass is 9.71. The average Bonchev–Trinajstić information content (AvgIpc) is 4.49. The quantitative estimate of drug-likeness (QED) is 0.0816. The normalized spacial score (nSPS) is 27.6. The van der Waals surface area contributed by atoms with E-state index in [0.717, 1.165) is 66.2 Å². The molecule has 4 saturated heterocycles. The van der Waals surface area contributed by atoms with E-state index in [9.17, 15) is 0 Å². The molecular formula is C59H52B4Cl2N4O8S2. The van der Waals surface area contributed by atoms with Crippen LogP contribution in [0.1, 0.15) is 124 Å². The first kappa shape index (κ1) is 50.0. The van der Waals surface area contributed by atoms with Gasteiger partial charge in [-0.15, -0.1) is 23.2 Å². The van der Waals surface area contributed by atoms with Crippen molar-refractivity contribution in [1.82, 2.24) is 17.5 Å². The van der Waals surface area contributed by atoms with Gasteiger partial charge >= 0.3 is 28.5 Å². The highest BCUT2D eigenvalue weighted by atomic mass is 35.5. The van der Waals surface area contributed by atoms with Crippen molar-refractivity contribution in [2.24, 2.45) is 0 Å². The summed E-state index contributed by atoms with van der Waals surface area (Å²) in [7, 11) is -2.48. The standard InChI is InChI=1S/C44H40B4N4O8S2.C14H10.CH2Cl2/c1-41(2)21-13-18-22-14-17(21)33-37(41)57-45(53-33)25-9-10-26(30-29(25)49-61-50-30)47-55-35-19-15-24-20(16-23(19)43(5,6)39(35)59-47)36-40(44(24,7)8)60-48(56-36)28-12-11-27(31-32(28)52-62-51-31)46-54-34(18)38(58-46)42(22,3)4;1-2-6-12-10-14-8-4-3-7-13(14)9-11(12)5-1;2-1-3/h9-16,33-40H,1-8H3;1-10H;1H2/t33-,34-,35+,36+,37-,38-,39+,40+;;. The summed E-state index contributed by atoms with van der Waals surface area (Å²) in [6, 6.07) is 39.0. The van der Waals surface area contributed by atoms with Crippen molar-refractivity contribution >= 4 is 141 Å². The van der Waals surface area contributed by atoms with Crippen LogP contribution in [0.3, 0.4) is 0 Å². The molecule has 4 fully saturated rings. The zero-order valence-electron chi connectivity index (χ0n) is 44.7. The van der Waals surface area contributed by atoms with Gasteiger partial charge in [0.25, 0.3) is 0 Å². The van der Waals surface area contributed by atoms with Gasteiger partial charge in [-0.25, -0.2) is 0 Å². The predicted molar refractivity (Wildman–Crippen MR) is 314 cm³/mol. The van der Waals surface area contributed by atoms with Crippen LogP contribution in [0.5, 0.6) is 0 Å². The van der Waals surface area contributed by atoms with Gasteiger partial charge in [0.2, 0.25) is 0 Å². The first-order valence-corrected chi connectivity index (χ1v) is 29.7. The monoisotopic (exact) mass is 1120 g/mol. The molecule has 21 aliphatic rings. The van der Waals surface area contributed by atoms with Gasteiger partial charge in [-0.1, -0.05) is 152 Å². The molecule has 7 aromatic carbocycles. The highest BCUT2D eigenvalue weighted by Gasteiger charge is 2.63. The van der Waals surface area contributed by atoms with Gasteiger partial charge in [-0.05, 0) is 78.2 Å². The molecule has 0 amide bonds. The van der Waals surface area contributed by atoms with Crippen LogP contribution in [0.15, 0.2) is 109 Å². The van der Waals surface area contributed by atoms with Crippen LogP contribution >= 0.6 is 46.7 Å². The number of benzene rings is 7. The molecule has 0 spiro atoms. The molecule has 2 aromatic heterocycles. The molecule has 8 atom stereocenters. The molecule has 394 valence electrons. The van der Waals surface area contributed by atoms with E-state index in [1.165, 1.54) is 67.3 Å². The fourth-order valence-electron chi connectivity index (χ4n) is 15.0. The summed E-state index contributed by atoms with van der Waals surface area (Å²) in [6.45, 7) is 18.1. The summed E-state index contributed by atoms with van der Waals surface area (Å²) >= 11 is 11.9. The second-order valence-electron chi connectivity index (χ2n) is 24.8. The maximum Gasteiger partial charge on any atom is 0.497 e. The fourth-order valence-corrected chi connectivity index (χ4v) is 16.2. The molecule has 24 bridgehead atoms. The Kier molecular flexibility index (Phi) is 11.0. The maximum absolute atomic E-state index is 6.98. The molecule has 20 heteroatoms. The largest absolute Gasteiger partial charge is 0.497 e. The van der Waals surface area contributed by atoms with Crippen molar-refractivity contribution in [3.05, 3.63) is 154 Å². The SMILES string of the molecule is CC1(C)c2cc3c4cc2[C@H]2OB(O[C@H]21)c1ccc(c2nsnc12)B1O[C@H]2c5cc6c(cc5C(C)(C)[C@H]2O1)[C@@H]1OB(O[C@@H]1C6(C)C)c1ccc(c2nsnc12)B1O[C@H]3[C@@H](O1)C4(C)C.ClCCl.c1ccc2cc3ccccc3cc2c1. The molecule has 0 saturated carbocycles. The Balaban J connectivity index is 0.000000262. The van der Waals surface area contributed by atoms with Gasteiger partial charge in [-0.2, -0.15) is 17.5 Å². The minimum atomic E-state index is -0.620. The number of rotatable bonds is 0. The summed E-state index contributed by atoms with van der Waals surface area (Å²) in [6.07, 6.45) is -1.89. The molecule has 30 rings (SSSR count). The van der Waals surface area contributed by atoms with E-state index < -0.39 is 28.5 Å². The molecular weight excluding hydrogens is 1070 g/mol. The van der Waals surface area contributed by atoms with Gasteiger partial charge in [-0.3, -0.25) is 0 Å². The van der Waals surface area contributed by atoms with E-state index >= 15 is 0 Å². The number of nitrogens with zero attached hydrogens (tertiary/aromatic N) is 4. The molecule has 4 aliphatic carbocycles. The van der Waals surface area contributed by atoms with Crippen LogP contribution in [-0.4, -0.2) is 75.7 Å². The number of hydrogen-bond acceptors (Lipinski definition) is 14. The molecule has 0 radical (unpaired) electrons. The van der Waals surface area contributed by atoms with Crippen molar-refractivity contribution in [1.29, 1.82) is 0 Å². The Hall–Kier alpha value is -4.78. The van der Waals surface area contributed by atoms with E-state index in [0.29, 0.717) is 0 Å².